The molecule has 0 radical (unpaired) electrons. The molecule has 178 valence electrons. The second kappa shape index (κ2) is 8.46. The summed E-state index contributed by atoms with van der Waals surface area (Å²) in [5.41, 5.74) is 4.67. The van der Waals surface area contributed by atoms with Crippen LogP contribution in [0.1, 0.15) is 16.7 Å². The van der Waals surface area contributed by atoms with Crippen LogP contribution in [0.3, 0.4) is 0 Å². The van der Waals surface area contributed by atoms with E-state index in [4.69, 9.17) is 9.47 Å². The molecule has 0 fully saturated rings. The quantitative estimate of drug-likeness (QED) is 0.331. The summed E-state index contributed by atoms with van der Waals surface area (Å²) in [7, 11) is 3.13. The van der Waals surface area contributed by atoms with Gasteiger partial charge in [-0.25, -0.2) is 0 Å². The van der Waals surface area contributed by atoms with Crippen molar-refractivity contribution in [1.29, 1.82) is 0 Å². The van der Waals surface area contributed by atoms with Crippen LogP contribution < -0.4 is 9.47 Å². The zero-order chi connectivity index (χ0) is 24.8. The lowest BCUT2D eigenvalue weighted by Crippen LogP contribution is -2.31. The minimum Gasteiger partial charge on any atom is -0.497 e. The van der Waals surface area contributed by atoms with E-state index in [1.165, 1.54) is 4.90 Å². The monoisotopic (exact) mass is 477 g/mol. The van der Waals surface area contributed by atoms with Crippen molar-refractivity contribution in [1.82, 2.24) is 14.9 Å². The number of H-pyrrole nitrogens is 2. The van der Waals surface area contributed by atoms with Gasteiger partial charge >= 0.3 is 0 Å². The molecule has 0 saturated heterocycles. The van der Waals surface area contributed by atoms with Crippen molar-refractivity contribution in [2.75, 3.05) is 14.2 Å². The highest BCUT2D eigenvalue weighted by atomic mass is 16.5. The number of hydrogen-bond acceptors (Lipinski definition) is 4. The molecule has 0 spiro atoms. The number of nitrogens with zero attached hydrogens (tertiary/aromatic N) is 1. The van der Waals surface area contributed by atoms with Crippen LogP contribution in [0.2, 0.25) is 0 Å². The van der Waals surface area contributed by atoms with Gasteiger partial charge in [-0.1, -0.05) is 36.4 Å². The molecular formula is C29H23N3O4. The number of nitrogens with one attached hydrogen (secondary N) is 2. The van der Waals surface area contributed by atoms with Crippen LogP contribution in [0.25, 0.3) is 33.0 Å². The molecule has 3 aromatic carbocycles. The Labute approximate surface area is 206 Å². The van der Waals surface area contributed by atoms with Crippen LogP contribution in [-0.4, -0.2) is 40.9 Å². The Balaban J connectivity index is 1.52. The fraction of sp³-hybridized carbons (Fsp3) is 0.103. The third-order valence-electron chi connectivity index (χ3n) is 6.71. The molecule has 1 aliphatic heterocycles. The Kier molecular flexibility index (Phi) is 5.11. The molecule has 2 aromatic heterocycles. The van der Waals surface area contributed by atoms with Gasteiger partial charge in [-0.05, 0) is 24.3 Å². The van der Waals surface area contributed by atoms with Gasteiger partial charge in [0.2, 0.25) is 0 Å². The average molecular weight is 478 g/mol. The van der Waals surface area contributed by atoms with E-state index in [-0.39, 0.29) is 18.4 Å². The molecule has 0 unspecified atom stereocenters. The standard InChI is InChI=1S/C29H23N3O4/c1-35-18-12-11-17(25(13-18)36-2)16-32-28(33)26(21-14-30-23-9-5-3-7-19(21)23)27(29(32)34)22-15-31-24-10-6-4-8-20(22)24/h3-15,30-31H,16H2,1-2H3. The number of hydrogen-bond donors (Lipinski definition) is 2. The average Bonchev–Trinajstić information content (AvgIpc) is 3.59. The first-order chi connectivity index (χ1) is 17.6. The van der Waals surface area contributed by atoms with Crippen molar-refractivity contribution < 1.29 is 19.1 Å². The minimum atomic E-state index is -0.345. The summed E-state index contributed by atoms with van der Waals surface area (Å²) in [6.07, 6.45) is 3.61. The number of ether oxygens (including phenoxy) is 2. The van der Waals surface area contributed by atoms with Crippen LogP contribution in [-0.2, 0) is 16.1 Å². The number of carbonyl (C=O) groups is 2. The molecule has 3 heterocycles. The Bertz CT molecular complexity index is 1600. The highest BCUT2D eigenvalue weighted by molar-refractivity contribution is 6.50. The molecule has 0 atom stereocenters. The molecule has 0 saturated carbocycles. The normalized spacial score (nSPS) is 13.9. The molecule has 2 amide bonds. The van der Waals surface area contributed by atoms with Crippen molar-refractivity contribution in [3.8, 4) is 11.5 Å². The lowest BCUT2D eigenvalue weighted by Gasteiger charge is -2.18. The van der Waals surface area contributed by atoms with E-state index in [1.807, 2.05) is 54.6 Å². The largest absolute Gasteiger partial charge is 0.497 e. The third-order valence-corrected chi connectivity index (χ3v) is 6.71. The van der Waals surface area contributed by atoms with Gasteiger partial charge in [0, 0.05) is 57.0 Å². The van der Waals surface area contributed by atoms with E-state index in [2.05, 4.69) is 9.97 Å². The molecular weight excluding hydrogens is 454 g/mol. The van der Waals surface area contributed by atoms with Crippen molar-refractivity contribution >= 4 is 44.8 Å². The highest BCUT2D eigenvalue weighted by Crippen LogP contribution is 2.41. The third kappa shape index (κ3) is 3.28. The Morgan fingerprint density at radius 1 is 0.722 bits per heavy atom. The van der Waals surface area contributed by atoms with Crippen molar-refractivity contribution in [2.24, 2.45) is 0 Å². The van der Waals surface area contributed by atoms with Gasteiger partial charge in [0.15, 0.2) is 0 Å². The van der Waals surface area contributed by atoms with Crippen molar-refractivity contribution in [3.05, 3.63) is 95.8 Å². The minimum absolute atomic E-state index is 0.0720. The van der Waals surface area contributed by atoms with Gasteiger partial charge in [0.1, 0.15) is 11.5 Å². The molecule has 7 nitrogen and oxygen atoms in total. The smallest absolute Gasteiger partial charge is 0.262 e. The predicted molar refractivity (Wildman–Crippen MR) is 139 cm³/mol. The Morgan fingerprint density at radius 2 is 1.28 bits per heavy atom. The van der Waals surface area contributed by atoms with E-state index in [9.17, 15) is 9.59 Å². The fourth-order valence-electron chi connectivity index (χ4n) is 4.93. The number of methoxy groups -OCH3 is 2. The summed E-state index contributed by atoms with van der Waals surface area (Å²) in [6, 6.07) is 20.9. The number of aromatic amines is 2. The van der Waals surface area contributed by atoms with Gasteiger partial charge < -0.3 is 19.4 Å². The number of rotatable bonds is 6. The molecule has 7 heteroatoms. The summed E-state index contributed by atoms with van der Waals surface area (Å²) in [5.74, 6) is 0.488. The van der Waals surface area contributed by atoms with E-state index in [0.29, 0.717) is 39.3 Å². The van der Waals surface area contributed by atoms with Crippen LogP contribution in [0.15, 0.2) is 79.1 Å². The van der Waals surface area contributed by atoms with E-state index in [0.717, 1.165) is 21.8 Å². The topological polar surface area (TPSA) is 87.4 Å². The second-order valence-electron chi connectivity index (χ2n) is 8.62. The van der Waals surface area contributed by atoms with E-state index < -0.39 is 0 Å². The van der Waals surface area contributed by atoms with Gasteiger partial charge in [0.05, 0.1) is 31.9 Å². The molecule has 2 N–H and O–H groups in total. The van der Waals surface area contributed by atoms with Crippen LogP contribution in [0, 0.1) is 0 Å². The zero-order valence-corrected chi connectivity index (χ0v) is 19.8. The van der Waals surface area contributed by atoms with E-state index in [1.54, 1.807) is 38.7 Å². The number of para-hydroxylation sites is 2. The number of amides is 2. The molecule has 36 heavy (non-hydrogen) atoms. The van der Waals surface area contributed by atoms with Gasteiger partial charge in [-0.2, -0.15) is 0 Å². The lowest BCUT2D eigenvalue weighted by atomic mass is 9.95. The number of fused-ring (bicyclic) bond motifs is 2. The van der Waals surface area contributed by atoms with Gasteiger partial charge in [-0.3, -0.25) is 14.5 Å². The molecule has 1 aliphatic rings. The number of carbonyl (C=O) groups excluding carboxylic acids is 2. The summed E-state index contributed by atoms with van der Waals surface area (Å²) in [6.45, 7) is 0.0720. The highest BCUT2D eigenvalue weighted by Gasteiger charge is 2.41. The fourth-order valence-corrected chi connectivity index (χ4v) is 4.93. The maximum atomic E-state index is 14.0. The van der Waals surface area contributed by atoms with Crippen molar-refractivity contribution in [2.45, 2.75) is 6.54 Å². The Hall–Kier alpha value is -4.78. The van der Waals surface area contributed by atoms with Crippen molar-refractivity contribution in [3.63, 3.8) is 0 Å². The maximum Gasteiger partial charge on any atom is 0.262 e. The first kappa shape index (κ1) is 21.7. The van der Waals surface area contributed by atoms with Gasteiger partial charge in [-0.15, -0.1) is 0 Å². The summed E-state index contributed by atoms with van der Waals surface area (Å²) in [4.78, 5) is 35.7. The predicted octanol–water partition coefficient (Wildman–Crippen LogP) is 5.15. The maximum absolute atomic E-state index is 14.0. The zero-order valence-electron chi connectivity index (χ0n) is 19.8. The SMILES string of the molecule is COc1ccc(CN2C(=O)C(c3c[nH]c4ccccc34)=C(c3c[nH]c4ccccc34)C2=O)c(OC)c1. The summed E-state index contributed by atoms with van der Waals surface area (Å²) in [5, 5.41) is 1.77. The number of benzene rings is 3. The van der Waals surface area contributed by atoms with Crippen LogP contribution >= 0.6 is 0 Å². The van der Waals surface area contributed by atoms with Crippen LogP contribution in [0.5, 0.6) is 11.5 Å². The number of aromatic nitrogens is 2. The molecule has 0 aliphatic carbocycles. The first-order valence-electron chi connectivity index (χ1n) is 11.5. The molecule has 5 aromatic rings. The van der Waals surface area contributed by atoms with E-state index >= 15 is 0 Å². The van der Waals surface area contributed by atoms with Crippen LogP contribution in [0.4, 0.5) is 0 Å². The second-order valence-corrected chi connectivity index (χ2v) is 8.62. The summed E-state index contributed by atoms with van der Waals surface area (Å²) < 4.78 is 10.8. The number of imide groups is 1. The first-order valence-corrected chi connectivity index (χ1v) is 11.5. The lowest BCUT2D eigenvalue weighted by molar-refractivity contribution is -0.136. The van der Waals surface area contributed by atoms with Gasteiger partial charge in [0.25, 0.3) is 11.8 Å². The Morgan fingerprint density at radius 3 is 1.81 bits per heavy atom. The molecule has 0 bridgehead atoms. The molecule has 6 rings (SSSR count). The summed E-state index contributed by atoms with van der Waals surface area (Å²) >= 11 is 0.